The first kappa shape index (κ1) is 6.03. The molecule has 2 rings (SSSR count). The molecule has 0 aromatic carbocycles. The third-order valence-electron chi connectivity index (χ3n) is 1.34. The Bertz CT molecular complexity index is 336. The van der Waals surface area contributed by atoms with E-state index in [9.17, 15) is 0 Å². The van der Waals surface area contributed by atoms with Gasteiger partial charge < -0.3 is 10.2 Å². The maximum Gasteiger partial charge on any atom is 0.219 e. The van der Waals surface area contributed by atoms with E-state index in [1.165, 1.54) is 0 Å². The van der Waals surface area contributed by atoms with Crippen molar-refractivity contribution < 1.29 is 4.42 Å². The lowest BCUT2D eigenvalue weighted by molar-refractivity contribution is 0.523. The van der Waals surface area contributed by atoms with Crippen molar-refractivity contribution >= 4 is 5.82 Å². The van der Waals surface area contributed by atoms with Gasteiger partial charge in [-0.1, -0.05) is 0 Å². The number of nitrogens with two attached hydrogens (primary N) is 1. The minimum atomic E-state index is 0.487. The molecule has 0 fully saturated rings. The molecule has 0 radical (unpaired) electrons. The van der Waals surface area contributed by atoms with Crippen LogP contribution in [0.3, 0.4) is 0 Å². The first-order valence-electron chi connectivity index (χ1n) is 3.21. The summed E-state index contributed by atoms with van der Waals surface area (Å²) in [6, 6.07) is 5.32. The molecule has 0 spiro atoms. The van der Waals surface area contributed by atoms with Gasteiger partial charge in [-0.25, -0.2) is 4.68 Å². The lowest BCUT2D eigenvalue weighted by Crippen LogP contribution is -1.93. The zero-order valence-electron chi connectivity index (χ0n) is 5.77. The summed E-state index contributed by atoms with van der Waals surface area (Å²) < 4.78 is 6.66. The number of anilines is 1. The largest absolute Gasteiger partial charge is 0.447 e. The second-order valence-corrected chi connectivity index (χ2v) is 2.14. The fourth-order valence-electron chi connectivity index (χ4n) is 0.861. The first-order chi connectivity index (χ1) is 5.36. The van der Waals surface area contributed by atoms with Gasteiger partial charge in [0.1, 0.15) is 5.82 Å². The predicted octanol–water partition coefficient (Wildman–Crippen LogP) is 1.05. The number of aromatic nitrogens is 2. The van der Waals surface area contributed by atoms with Gasteiger partial charge in [0.05, 0.1) is 6.26 Å². The number of hydrogen-bond acceptors (Lipinski definition) is 3. The number of nitrogens with zero attached hydrogens (tertiary/aromatic N) is 2. The average Bonchev–Trinajstić information content (AvgIpc) is 2.55. The van der Waals surface area contributed by atoms with E-state index < -0.39 is 0 Å². The lowest BCUT2D eigenvalue weighted by Gasteiger charge is -1.91. The summed E-state index contributed by atoms with van der Waals surface area (Å²) in [7, 11) is 0. The van der Waals surface area contributed by atoms with Crippen LogP contribution in [0, 0.1) is 0 Å². The highest BCUT2D eigenvalue weighted by Crippen LogP contribution is 2.07. The van der Waals surface area contributed by atoms with Crippen LogP contribution in [0.15, 0.2) is 35.1 Å². The molecule has 4 nitrogen and oxygen atoms in total. The Morgan fingerprint density at radius 2 is 2.36 bits per heavy atom. The van der Waals surface area contributed by atoms with Crippen LogP contribution in [-0.2, 0) is 0 Å². The van der Waals surface area contributed by atoms with Crippen LogP contribution in [0.4, 0.5) is 5.82 Å². The highest BCUT2D eigenvalue weighted by atomic mass is 16.3. The van der Waals surface area contributed by atoms with Crippen LogP contribution in [0.1, 0.15) is 0 Å². The van der Waals surface area contributed by atoms with E-state index >= 15 is 0 Å². The molecule has 56 valence electrons. The maximum absolute atomic E-state index is 5.41. The van der Waals surface area contributed by atoms with E-state index in [-0.39, 0.29) is 0 Å². The second-order valence-electron chi connectivity index (χ2n) is 2.14. The summed E-state index contributed by atoms with van der Waals surface area (Å²) >= 11 is 0. The Balaban J connectivity index is 2.45. The van der Waals surface area contributed by atoms with Gasteiger partial charge in [0, 0.05) is 18.3 Å². The Kier molecular flexibility index (Phi) is 1.18. The third kappa shape index (κ3) is 0.980. The lowest BCUT2D eigenvalue weighted by atomic mass is 10.6. The van der Waals surface area contributed by atoms with E-state index in [0.717, 1.165) is 0 Å². The second kappa shape index (κ2) is 2.16. The topological polar surface area (TPSA) is 57.0 Å². The number of furan rings is 1. The van der Waals surface area contributed by atoms with Crippen LogP contribution < -0.4 is 5.73 Å². The molecule has 11 heavy (non-hydrogen) atoms. The Labute approximate surface area is 63.2 Å². The molecule has 0 unspecified atom stereocenters. The van der Waals surface area contributed by atoms with Crippen molar-refractivity contribution in [2.75, 3.05) is 5.73 Å². The fourth-order valence-corrected chi connectivity index (χ4v) is 0.861. The molecule has 0 atom stereocenters. The monoisotopic (exact) mass is 149 g/mol. The summed E-state index contributed by atoms with van der Waals surface area (Å²) in [5, 5.41) is 3.95. The molecular weight excluding hydrogens is 142 g/mol. The van der Waals surface area contributed by atoms with Crippen LogP contribution in [0.25, 0.3) is 5.88 Å². The zero-order chi connectivity index (χ0) is 7.68. The molecule has 2 heterocycles. The summed E-state index contributed by atoms with van der Waals surface area (Å²) in [6.45, 7) is 0. The van der Waals surface area contributed by atoms with Crippen molar-refractivity contribution in [3.8, 4) is 5.88 Å². The van der Waals surface area contributed by atoms with Crippen LogP contribution in [0.5, 0.6) is 0 Å². The van der Waals surface area contributed by atoms with Gasteiger partial charge in [0.2, 0.25) is 5.88 Å². The van der Waals surface area contributed by atoms with Crippen LogP contribution in [-0.4, -0.2) is 9.78 Å². The van der Waals surface area contributed by atoms with E-state index in [1.807, 2.05) is 6.07 Å². The molecular formula is C7H7N3O. The average molecular weight is 149 g/mol. The zero-order valence-corrected chi connectivity index (χ0v) is 5.77. The van der Waals surface area contributed by atoms with Crippen LogP contribution >= 0.6 is 0 Å². The van der Waals surface area contributed by atoms with Gasteiger partial charge in [-0.05, 0) is 6.07 Å². The normalized spacial score (nSPS) is 10.2. The molecule has 0 amide bonds. The van der Waals surface area contributed by atoms with Crippen LogP contribution in [0.2, 0.25) is 0 Å². The summed E-state index contributed by atoms with van der Waals surface area (Å²) in [6.07, 6.45) is 3.33. The van der Waals surface area contributed by atoms with Gasteiger partial charge in [-0.2, -0.15) is 0 Å². The number of nitrogen functional groups attached to an aromatic ring is 1. The number of rotatable bonds is 1. The van der Waals surface area contributed by atoms with E-state index in [1.54, 1.807) is 29.3 Å². The SMILES string of the molecule is Nc1ccn(-c2ccco2)n1. The fraction of sp³-hybridized carbons (Fsp3) is 0. The molecule has 0 bridgehead atoms. The number of hydrogen-bond donors (Lipinski definition) is 1. The van der Waals surface area contributed by atoms with Crippen molar-refractivity contribution in [2.45, 2.75) is 0 Å². The smallest absolute Gasteiger partial charge is 0.219 e. The summed E-state index contributed by atoms with van der Waals surface area (Å²) in [5.41, 5.74) is 5.41. The Morgan fingerprint density at radius 3 is 2.91 bits per heavy atom. The molecule has 2 N–H and O–H groups in total. The van der Waals surface area contributed by atoms with Crippen molar-refractivity contribution in [2.24, 2.45) is 0 Å². The summed E-state index contributed by atoms with van der Waals surface area (Å²) in [4.78, 5) is 0. The molecule has 0 aliphatic heterocycles. The van der Waals surface area contributed by atoms with E-state index in [2.05, 4.69) is 5.10 Å². The highest BCUT2D eigenvalue weighted by molar-refractivity contribution is 5.28. The third-order valence-corrected chi connectivity index (χ3v) is 1.34. The molecule has 2 aromatic rings. The van der Waals surface area contributed by atoms with Crippen molar-refractivity contribution in [3.63, 3.8) is 0 Å². The minimum absolute atomic E-state index is 0.487. The van der Waals surface area contributed by atoms with Crippen molar-refractivity contribution in [3.05, 3.63) is 30.7 Å². The van der Waals surface area contributed by atoms with Gasteiger partial charge in [-0.15, -0.1) is 5.10 Å². The van der Waals surface area contributed by atoms with Gasteiger partial charge in [-0.3, -0.25) is 0 Å². The molecule has 0 saturated heterocycles. The Hall–Kier alpha value is -1.71. The summed E-state index contributed by atoms with van der Waals surface area (Å²) in [5.74, 6) is 1.16. The molecule has 2 aromatic heterocycles. The highest BCUT2D eigenvalue weighted by Gasteiger charge is 1.98. The van der Waals surface area contributed by atoms with Crippen molar-refractivity contribution in [1.29, 1.82) is 0 Å². The molecule has 0 aliphatic rings. The van der Waals surface area contributed by atoms with Gasteiger partial charge in [0.15, 0.2) is 0 Å². The van der Waals surface area contributed by atoms with E-state index in [4.69, 9.17) is 10.2 Å². The minimum Gasteiger partial charge on any atom is -0.447 e. The van der Waals surface area contributed by atoms with Crippen molar-refractivity contribution in [1.82, 2.24) is 9.78 Å². The maximum atomic E-state index is 5.41. The van der Waals surface area contributed by atoms with Gasteiger partial charge in [0.25, 0.3) is 0 Å². The van der Waals surface area contributed by atoms with E-state index in [0.29, 0.717) is 11.7 Å². The Morgan fingerprint density at radius 1 is 1.45 bits per heavy atom. The predicted molar refractivity (Wildman–Crippen MR) is 40.2 cm³/mol. The van der Waals surface area contributed by atoms with Gasteiger partial charge >= 0.3 is 0 Å². The standard InChI is InChI=1S/C7H7N3O/c8-6-3-4-10(9-6)7-2-1-5-11-7/h1-5H,(H2,8,9). The molecule has 0 aliphatic carbocycles. The molecule has 0 saturated carbocycles. The first-order valence-corrected chi connectivity index (χ1v) is 3.21. The molecule has 4 heteroatoms. The quantitative estimate of drug-likeness (QED) is 0.659.